The number of pyridine rings is 1. The Bertz CT molecular complexity index is 791. The van der Waals surface area contributed by atoms with E-state index in [0.29, 0.717) is 31.7 Å². The van der Waals surface area contributed by atoms with Crippen molar-refractivity contribution in [2.45, 2.75) is 13.8 Å². The normalized spacial score (nSPS) is 14.9. The van der Waals surface area contributed by atoms with Crippen LogP contribution in [0.15, 0.2) is 41.4 Å². The van der Waals surface area contributed by atoms with Crippen molar-refractivity contribution in [1.29, 1.82) is 0 Å². The first-order chi connectivity index (χ1) is 11.6. The molecule has 2 heterocycles. The number of nitrogens with one attached hydrogen (secondary N) is 1. The van der Waals surface area contributed by atoms with Crippen LogP contribution in [-0.4, -0.2) is 30.9 Å². The number of hydrazine groups is 1. The number of nitrogens with zero attached hydrogens (tertiary/aromatic N) is 3. The van der Waals surface area contributed by atoms with Gasteiger partial charge in [0, 0.05) is 17.2 Å². The third kappa shape index (κ3) is 3.74. The number of aliphatic imine (C=N–C) groups is 1. The zero-order valence-corrected chi connectivity index (χ0v) is 15.2. The molecule has 0 amide bonds. The second-order valence-electron chi connectivity index (χ2n) is 4.83. The molecule has 0 saturated heterocycles. The molecule has 24 heavy (non-hydrogen) atoms. The van der Waals surface area contributed by atoms with E-state index in [0.717, 1.165) is 10.9 Å². The van der Waals surface area contributed by atoms with Crippen molar-refractivity contribution >= 4 is 41.3 Å². The molecule has 2 aromatic rings. The maximum absolute atomic E-state index is 5.81. The summed E-state index contributed by atoms with van der Waals surface area (Å²) in [6.45, 7) is 2.01. The van der Waals surface area contributed by atoms with Crippen molar-refractivity contribution in [1.82, 2.24) is 10.4 Å². The van der Waals surface area contributed by atoms with E-state index in [1.165, 1.54) is 0 Å². The van der Waals surface area contributed by atoms with Gasteiger partial charge >= 0.3 is 12.7 Å². The van der Waals surface area contributed by atoms with Crippen LogP contribution < -0.4 is 10.4 Å². The van der Waals surface area contributed by atoms with E-state index in [1.807, 2.05) is 50.2 Å². The zero-order valence-electron chi connectivity index (χ0n) is 13.5. The zero-order chi connectivity index (χ0) is 17.0. The van der Waals surface area contributed by atoms with Crippen LogP contribution in [0.1, 0.15) is 13.8 Å². The molecule has 0 unspecified atom stereocenters. The molecule has 1 N–H and O–H groups in total. The maximum atomic E-state index is 5.81. The molecule has 128 valence electrons. The van der Waals surface area contributed by atoms with Crippen molar-refractivity contribution in [3.05, 3.63) is 36.4 Å². The van der Waals surface area contributed by atoms with Crippen LogP contribution in [0.4, 0.5) is 5.82 Å². The van der Waals surface area contributed by atoms with E-state index in [2.05, 4.69) is 15.4 Å². The summed E-state index contributed by atoms with van der Waals surface area (Å²) in [6, 6.07) is 12.1. The van der Waals surface area contributed by atoms with Gasteiger partial charge in [-0.25, -0.2) is 20.4 Å². The summed E-state index contributed by atoms with van der Waals surface area (Å²) in [5.74, 6) is 0.666. The van der Waals surface area contributed by atoms with E-state index in [9.17, 15) is 0 Å². The number of hydrogen-bond donors (Lipinski definition) is 1. The van der Waals surface area contributed by atoms with E-state index in [4.69, 9.17) is 25.4 Å². The molecule has 3 rings (SSSR count). The van der Waals surface area contributed by atoms with E-state index < -0.39 is 6.72 Å². The quantitative estimate of drug-likeness (QED) is 0.788. The maximum Gasteiger partial charge on any atom is 0.382 e. The van der Waals surface area contributed by atoms with Gasteiger partial charge in [-0.05, 0) is 32.0 Å². The summed E-state index contributed by atoms with van der Waals surface area (Å²) in [6.07, 6.45) is 0. The number of anilines is 1. The third-order valence-electron chi connectivity index (χ3n) is 3.22. The number of para-hydroxylation sites is 1. The van der Waals surface area contributed by atoms with Crippen LogP contribution in [0.25, 0.3) is 10.9 Å². The predicted molar refractivity (Wildman–Crippen MR) is 98.3 cm³/mol. The summed E-state index contributed by atoms with van der Waals surface area (Å²) in [5.41, 5.74) is 3.98. The molecule has 1 aliphatic rings. The van der Waals surface area contributed by atoms with Crippen molar-refractivity contribution in [2.75, 3.05) is 24.9 Å². The van der Waals surface area contributed by atoms with Crippen molar-refractivity contribution in [2.24, 2.45) is 4.99 Å². The molecule has 0 radical (unpaired) electrons. The molecule has 1 aromatic carbocycles. The Kier molecular flexibility index (Phi) is 5.43. The lowest BCUT2D eigenvalue weighted by molar-refractivity contribution is 0.214. The van der Waals surface area contributed by atoms with Crippen molar-refractivity contribution in [3.8, 4) is 0 Å². The van der Waals surface area contributed by atoms with Gasteiger partial charge in [0.1, 0.15) is 6.67 Å². The molecule has 0 aliphatic carbocycles. The standard InChI is InChI=1S/C15H19N4O3PS/c1-3-20-23(24,21-4-2)22-15-16-11-17-19(15)14-10-9-12-7-5-6-8-13(12)18-14/h5-10,17H,3-4,11H2,1-2H3. The fraction of sp³-hybridized carbons (Fsp3) is 0.333. The Balaban J connectivity index is 1.85. The number of aromatic nitrogens is 1. The highest BCUT2D eigenvalue weighted by atomic mass is 32.5. The molecule has 1 aliphatic heterocycles. The Labute approximate surface area is 145 Å². The first-order valence-corrected chi connectivity index (χ1v) is 10.2. The number of fused-ring (bicyclic) bond motifs is 1. The molecule has 7 nitrogen and oxygen atoms in total. The molecular weight excluding hydrogens is 347 g/mol. The lowest BCUT2D eigenvalue weighted by Crippen LogP contribution is -2.38. The molecule has 0 saturated carbocycles. The van der Waals surface area contributed by atoms with Gasteiger partial charge in [-0.3, -0.25) is 9.05 Å². The smallest absolute Gasteiger partial charge is 0.382 e. The number of amidine groups is 1. The molecule has 0 bridgehead atoms. The second kappa shape index (κ2) is 7.55. The van der Waals surface area contributed by atoms with Crippen LogP contribution in [0.5, 0.6) is 0 Å². The van der Waals surface area contributed by atoms with Crippen LogP contribution >= 0.6 is 6.72 Å². The van der Waals surface area contributed by atoms with Crippen LogP contribution in [0, 0.1) is 0 Å². The largest absolute Gasteiger partial charge is 0.389 e. The lowest BCUT2D eigenvalue weighted by atomic mass is 10.2. The minimum atomic E-state index is -2.88. The van der Waals surface area contributed by atoms with Crippen molar-refractivity contribution < 1.29 is 13.6 Å². The number of hydrogen-bond acceptors (Lipinski definition) is 8. The minimum Gasteiger partial charge on any atom is -0.389 e. The average molecular weight is 366 g/mol. The van der Waals surface area contributed by atoms with E-state index in [-0.39, 0.29) is 0 Å². The van der Waals surface area contributed by atoms with E-state index in [1.54, 1.807) is 5.01 Å². The van der Waals surface area contributed by atoms with Gasteiger partial charge in [0.2, 0.25) is 0 Å². The van der Waals surface area contributed by atoms with Gasteiger partial charge in [-0.15, -0.1) is 0 Å². The molecule has 1 aromatic heterocycles. The molecule has 0 atom stereocenters. The Morgan fingerprint density at radius 1 is 1.17 bits per heavy atom. The Hall–Kier alpha value is -1.57. The van der Waals surface area contributed by atoms with Gasteiger partial charge in [0.15, 0.2) is 5.82 Å². The van der Waals surface area contributed by atoms with Gasteiger partial charge < -0.3 is 4.52 Å². The monoisotopic (exact) mass is 366 g/mol. The van der Waals surface area contributed by atoms with Crippen LogP contribution in [0.3, 0.4) is 0 Å². The highest BCUT2D eigenvalue weighted by molar-refractivity contribution is 8.07. The Morgan fingerprint density at radius 2 is 1.92 bits per heavy atom. The second-order valence-corrected chi connectivity index (χ2v) is 7.76. The van der Waals surface area contributed by atoms with Crippen LogP contribution in [-0.2, 0) is 25.4 Å². The van der Waals surface area contributed by atoms with Crippen LogP contribution in [0.2, 0.25) is 0 Å². The average Bonchev–Trinajstić information content (AvgIpc) is 3.02. The summed E-state index contributed by atoms with van der Waals surface area (Å²) in [7, 11) is 0. The summed E-state index contributed by atoms with van der Waals surface area (Å²) in [4.78, 5) is 8.92. The molecule has 0 fully saturated rings. The first-order valence-electron chi connectivity index (χ1n) is 7.68. The Morgan fingerprint density at radius 3 is 2.67 bits per heavy atom. The number of rotatable bonds is 6. The fourth-order valence-electron chi connectivity index (χ4n) is 2.25. The van der Waals surface area contributed by atoms with Crippen molar-refractivity contribution in [3.63, 3.8) is 0 Å². The molecule has 0 spiro atoms. The minimum absolute atomic E-state index is 0.308. The van der Waals surface area contributed by atoms with E-state index >= 15 is 0 Å². The van der Waals surface area contributed by atoms with Gasteiger partial charge in [0.25, 0.3) is 0 Å². The molecule has 9 heteroatoms. The fourth-order valence-corrected chi connectivity index (χ4v) is 4.23. The van der Waals surface area contributed by atoms with Gasteiger partial charge in [-0.2, -0.15) is 0 Å². The first kappa shape index (κ1) is 17.3. The predicted octanol–water partition coefficient (Wildman–Crippen LogP) is 3.19. The highest BCUT2D eigenvalue weighted by Gasteiger charge is 2.30. The van der Waals surface area contributed by atoms with Gasteiger partial charge in [-0.1, -0.05) is 18.2 Å². The highest BCUT2D eigenvalue weighted by Crippen LogP contribution is 2.50. The summed E-state index contributed by atoms with van der Waals surface area (Å²) in [5, 5.41) is 2.72. The summed E-state index contributed by atoms with van der Waals surface area (Å²) < 4.78 is 16.8. The SMILES string of the molecule is CCOP(=S)(OCC)OC1=NCNN1c1ccc2ccccc2n1. The van der Waals surface area contributed by atoms with Gasteiger partial charge in [0.05, 0.1) is 18.7 Å². The topological polar surface area (TPSA) is 68.2 Å². The third-order valence-corrected chi connectivity index (χ3v) is 5.61. The number of benzene rings is 1. The molecular formula is C15H19N4O3PS. The lowest BCUT2D eigenvalue weighted by Gasteiger charge is -2.25. The summed E-state index contributed by atoms with van der Waals surface area (Å²) >= 11 is 5.41.